The molecule has 8 heteroatoms. The molecule has 3 N–H and O–H groups in total. The first-order valence-corrected chi connectivity index (χ1v) is 12.2. The number of rotatable bonds is 9. The number of aliphatic carboxylic acids is 1. The second-order valence-corrected chi connectivity index (χ2v) is 10.1. The van der Waals surface area contributed by atoms with E-state index >= 15 is 0 Å². The number of aliphatic hydroxyl groups is 1. The summed E-state index contributed by atoms with van der Waals surface area (Å²) in [4.78, 5) is 34.9. The number of halogens is 1. The van der Waals surface area contributed by atoms with Crippen LogP contribution in [-0.2, 0) is 20.8 Å². The van der Waals surface area contributed by atoms with Gasteiger partial charge in [0.15, 0.2) is 12.4 Å². The summed E-state index contributed by atoms with van der Waals surface area (Å²) in [6.07, 6.45) is 8.05. The van der Waals surface area contributed by atoms with Gasteiger partial charge in [-0.05, 0) is 50.8 Å². The van der Waals surface area contributed by atoms with Crippen molar-refractivity contribution in [2.45, 2.75) is 60.5 Å². The van der Waals surface area contributed by atoms with E-state index < -0.39 is 24.1 Å². The predicted octanol–water partition coefficient (Wildman–Crippen LogP) is 5.08. The van der Waals surface area contributed by atoms with Crippen molar-refractivity contribution in [3.63, 3.8) is 0 Å². The number of aromatic hydroxyl groups is 1. The minimum Gasteiger partial charge on any atom is -0.507 e. The van der Waals surface area contributed by atoms with Crippen LogP contribution in [0.1, 0.15) is 57.7 Å². The van der Waals surface area contributed by atoms with Crippen LogP contribution >= 0.6 is 11.6 Å². The Kier molecular flexibility index (Phi) is 9.69. The maximum absolute atomic E-state index is 12.4. The number of aliphatic hydroxyl groups excluding tert-OH is 1. The highest BCUT2D eigenvalue weighted by atomic mass is 35.5. The fourth-order valence-electron chi connectivity index (χ4n) is 4.40. The molecule has 0 bridgehead atoms. The largest absolute Gasteiger partial charge is 0.507 e. The molecule has 1 fully saturated rings. The molecule has 7 nitrogen and oxygen atoms in total. The van der Waals surface area contributed by atoms with Crippen molar-refractivity contribution < 1.29 is 34.4 Å². The summed E-state index contributed by atoms with van der Waals surface area (Å²) in [6.45, 7) is 10.0. The van der Waals surface area contributed by atoms with E-state index in [1.54, 1.807) is 6.92 Å². The maximum Gasteiger partial charge on any atom is 0.341 e. The molecule has 0 radical (unpaired) electrons. The van der Waals surface area contributed by atoms with Crippen LogP contribution in [-0.4, -0.2) is 45.6 Å². The number of phenolic OH excluding ortho intramolecular Hbond substituents is 1. The number of carboxylic acid groups (broad SMARTS) is 1. The van der Waals surface area contributed by atoms with E-state index in [1.165, 1.54) is 19.1 Å². The van der Waals surface area contributed by atoms with Crippen LogP contribution in [0.25, 0.3) is 6.08 Å². The molecular weight excluding hydrogens is 484 g/mol. The third kappa shape index (κ3) is 6.45. The molecule has 0 saturated heterocycles. The number of hydrogen-bond acceptors (Lipinski definition) is 6. The molecule has 1 aliphatic rings. The lowest BCUT2D eigenvalue weighted by Crippen LogP contribution is -2.47. The molecule has 1 saturated carbocycles. The van der Waals surface area contributed by atoms with Crippen LogP contribution in [0.5, 0.6) is 11.5 Å². The highest BCUT2D eigenvalue weighted by molar-refractivity contribution is 6.33. The van der Waals surface area contributed by atoms with Crippen LogP contribution in [0.15, 0.2) is 29.9 Å². The monoisotopic (exact) mass is 518 g/mol. The number of hydrogen-bond donors (Lipinski definition) is 3. The Labute approximate surface area is 217 Å². The molecule has 0 heterocycles. The van der Waals surface area contributed by atoms with Gasteiger partial charge in [-0.1, -0.05) is 56.2 Å². The zero-order valence-electron chi connectivity index (χ0n) is 21.6. The van der Waals surface area contributed by atoms with E-state index in [4.69, 9.17) is 21.4 Å². The normalized spacial score (nSPS) is 25.1. The van der Waals surface area contributed by atoms with Crippen LogP contribution in [0.2, 0.25) is 5.02 Å². The summed E-state index contributed by atoms with van der Waals surface area (Å²) < 4.78 is 5.43. The van der Waals surface area contributed by atoms with Crippen LogP contribution in [0, 0.1) is 24.2 Å². The maximum atomic E-state index is 12.4. The summed E-state index contributed by atoms with van der Waals surface area (Å²) in [5, 5.41) is 30.6. The van der Waals surface area contributed by atoms with Gasteiger partial charge in [0.2, 0.25) is 0 Å². The molecule has 1 aromatic carbocycles. The quantitative estimate of drug-likeness (QED) is 0.308. The molecule has 0 spiro atoms. The molecule has 1 aromatic rings. The topological polar surface area (TPSA) is 121 Å². The Hall–Kier alpha value is -2.90. The summed E-state index contributed by atoms with van der Waals surface area (Å²) in [7, 11) is 0. The van der Waals surface area contributed by atoms with Gasteiger partial charge in [-0.2, -0.15) is 0 Å². The molecule has 36 heavy (non-hydrogen) atoms. The van der Waals surface area contributed by atoms with Crippen molar-refractivity contribution in [3.8, 4) is 11.5 Å². The van der Waals surface area contributed by atoms with Gasteiger partial charge in [0.1, 0.15) is 17.3 Å². The minimum absolute atomic E-state index is 0.0277. The molecule has 0 aromatic heterocycles. The van der Waals surface area contributed by atoms with Crippen LogP contribution in [0.3, 0.4) is 0 Å². The number of Topliss-reactive ketones (excluding diaryl/α,β-unsaturated/α-hetero) is 1. The number of ketones is 2. The highest BCUT2D eigenvalue weighted by Gasteiger charge is 2.46. The average molecular weight is 519 g/mol. The van der Waals surface area contributed by atoms with Gasteiger partial charge in [-0.3, -0.25) is 9.59 Å². The van der Waals surface area contributed by atoms with E-state index in [0.29, 0.717) is 16.7 Å². The van der Waals surface area contributed by atoms with Gasteiger partial charge in [0.25, 0.3) is 0 Å². The lowest BCUT2D eigenvalue weighted by atomic mass is 9.60. The van der Waals surface area contributed by atoms with Gasteiger partial charge >= 0.3 is 5.97 Å². The van der Waals surface area contributed by atoms with Crippen molar-refractivity contribution in [1.82, 2.24) is 0 Å². The lowest BCUT2D eigenvalue weighted by molar-refractivity contribution is -0.139. The van der Waals surface area contributed by atoms with Crippen LogP contribution < -0.4 is 4.74 Å². The second-order valence-electron chi connectivity index (χ2n) is 9.74. The standard InChI is InChI=1S/C28H35ClO7/c1-15(11-12-28(6)18(4)22(31)13-23(32)19(28)5)7-9-21-26(35)20(10-8-16(2)30)17(3)25(29)27(21)36-14-24(33)34/h7-8,10-12,18-19,22,31,35H,9,13-14H2,1-6H3,(H,33,34)/b10-8+,12-11+,15-7+. The molecule has 0 amide bonds. The number of carbonyl (C=O) groups is 3. The summed E-state index contributed by atoms with van der Waals surface area (Å²) in [5.41, 5.74) is 1.38. The Morgan fingerprint density at radius 2 is 1.86 bits per heavy atom. The van der Waals surface area contributed by atoms with Crippen molar-refractivity contribution >= 4 is 35.2 Å². The molecule has 2 rings (SSSR count). The lowest BCUT2D eigenvalue weighted by Gasteiger charge is -2.44. The Balaban J connectivity index is 2.47. The van der Waals surface area contributed by atoms with Crippen LogP contribution in [0.4, 0.5) is 0 Å². The Bertz CT molecular complexity index is 1130. The zero-order chi connectivity index (χ0) is 27.4. The van der Waals surface area contributed by atoms with Crippen molar-refractivity contribution in [2.75, 3.05) is 6.61 Å². The number of carbonyl (C=O) groups excluding carboxylic acids is 2. The van der Waals surface area contributed by atoms with Crippen molar-refractivity contribution in [1.29, 1.82) is 0 Å². The van der Waals surface area contributed by atoms with E-state index in [2.05, 4.69) is 0 Å². The number of allylic oxidation sites excluding steroid dienone is 5. The highest BCUT2D eigenvalue weighted by Crippen LogP contribution is 2.45. The first-order chi connectivity index (χ1) is 16.7. The summed E-state index contributed by atoms with van der Waals surface area (Å²) in [6, 6.07) is 0. The molecule has 0 aliphatic heterocycles. The molecule has 1 aliphatic carbocycles. The predicted molar refractivity (Wildman–Crippen MR) is 139 cm³/mol. The third-order valence-corrected chi connectivity index (χ3v) is 7.75. The van der Waals surface area contributed by atoms with Gasteiger partial charge in [0.05, 0.1) is 11.1 Å². The van der Waals surface area contributed by atoms with Gasteiger partial charge in [-0.15, -0.1) is 0 Å². The second kappa shape index (κ2) is 11.9. The SMILES string of the molecule is CC(=O)/C=C/c1c(C)c(Cl)c(OCC(=O)O)c(C/C=C(C)/C=C/C2(C)C(C)C(=O)CC(O)C2C)c1O. The van der Waals surface area contributed by atoms with E-state index in [1.807, 2.05) is 45.9 Å². The number of benzene rings is 1. The summed E-state index contributed by atoms with van der Waals surface area (Å²) >= 11 is 6.49. The van der Waals surface area contributed by atoms with Crippen molar-refractivity contribution in [3.05, 3.63) is 51.6 Å². The Morgan fingerprint density at radius 3 is 2.44 bits per heavy atom. The minimum atomic E-state index is -1.19. The van der Waals surface area contributed by atoms with Gasteiger partial charge in [-0.25, -0.2) is 4.79 Å². The van der Waals surface area contributed by atoms with Crippen molar-refractivity contribution in [2.24, 2.45) is 17.3 Å². The molecule has 196 valence electrons. The van der Waals surface area contributed by atoms with Gasteiger partial charge in [0, 0.05) is 28.9 Å². The Morgan fingerprint density at radius 1 is 1.22 bits per heavy atom. The first kappa shape index (κ1) is 29.3. The first-order valence-electron chi connectivity index (χ1n) is 11.8. The van der Waals surface area contributed by atoms with Gasteiger partial charge < -0.3 is 20.1 Å². The smallest absolute Gasteiger partial charge is 0.341 e. The molecular formula is C28H35ClO7. The van der Waals surface area contributed by atoms with E-state index in [-0.39, 0.29) is 52.8 Å². The third-order valence-electron chi connectivity index (χ3n) is 7.29. The molecule has 4 unspecified atom stereocenters. The van der Waals surface area contributed by atoms with E-state index in [0.717, 1.165) is 5.57 Å². The number of ether oxygens (including phenoxy) is 1. The summed E-state index contributed by atoms with van der Waals surface area (Å²) in [5.74, 6) is -1.81. The average Bonchev–Trinajstić information content (AvgIpc) is 2.80. The zero-order valence-corrected chi connectivity index (χ0v) is 22.3. The fourth-order valence-corrected chi connectivity index (χ4v) is 4.67. The number of carboxylic acids is 1. The molecule has 4 atom stereocenters. The fraction of sp³-hybridized carbons (Fsp3) is 0.464. The number of phenols is 1. The van der Waals surface area contributed by atoms with E-state index in [9.17, 15) is 24.6 Å².